The third-order valence-corrected chi connectivity index (χ3v) is 5.90. The topological polar surface area (TPSA) is 99.0 Å². The summed E-state index contributed by atoms with van der Waals surface area (Å²) in [6, 6.07) is 14.2. The van der Waals surface area contributed by atoms with E-state index in [1.54, 1.807) is 21.9 Å². The molecule has 1 aliphatic rings. The first-order valence-corrected chi connectivity index (χ1v) is 11.3. The van der Waals surface area contributed by atoms with Crippen LogP contribution in [0.1, 0.15) is 29.8 Å². The number of likely N-dealkylation sites (N-methyl/N-ethyl adjacent to an activating group) is 1. The van der Waals surface area contributed by atoms with Crippen LogP contribution in [0.2, 0.25) is 0 Å². The summed E-state index contributed by atoms with van der Waals surface area (Å²) >= 11 is 0. The van der Waals surface area contributed by atoms with Crippen molar-refractivity contribution < 1.29 is 14.5 Å². The van der Waals surface area contributed by atoms with Gasteiger partial charge < -0.3 is 15.1 Å². The molecule has 0 saturated carbocycles. The molecule has 0 aliphatic carbocycles. The molecule has 0 bridgehead atoms. The Balaban J connectivity index is 1.61. The lowest BCUT2D eigenvalue weighted by Crippen LogP contribution is -2.51. The monoisotopic (exact) mass is 453 g/mol. The summed E-state index contributed by atoms with van der Waals surface area (Å²) in [4.78, 5) is 42.0. The van der Waals surface area contributed by atoms with E-state index >= 15 is 0 Å². The highest BCUT2D eigenvalue weighted by atomic mass is 16.6. The van der Waals surface area contributed by atoms with Crippen molar-refractivity contribution in [3.05, 3.63) is 69.8 Å². The highest BCUT2D eigenvalue weighted by Gasteiger charge is 2.26. The third-order valence-electron chi connectivity index (χ3n) is 5.90. The van der Waals surface area contributed by atoms with Crippen LogP contribution in [0.3, 0.4) is 0 Å². The smallest absolute Gasteiger partial charge is 0.293 e. The Bertz CT molecular complexity index is 970. The van der Waals surface area contributed by atoms with Crippen LogP contribution in [0.15, 0.2) is 48.5 Å². The molecule has 2 aromatic carbocycles. The first-order valence-electron chi connectivity index (χ1n) is 11.3. The lowest BCUT2D eigenvalue weighted by Gasteiger charge is -2.35. The SMILES string of the molecule is CCN(CC)C(=O)CN1CCN(C(=O)c2ccc(NCc3ccccc3)c([N+](=O)[O-])c2)CC1. The van der Waals surface area contributed by atoms with Gasteiger partial charge in [0.15, 0.2) is 0 Å². The number of hydrogen-bond donors (Lipinski definition) is 1. The van der Waals surface area contributed by atoms with Crippen LogP contribution in [0.5, 0.6) is 0 Å². The molecule has 33 heavy (non-hydrogen) atoms. The molecule has 2 amide bonds. The Kier molecular flexibility index (Phi) is 8.37. The lowest BCUT2D eigenvalue weighted by molar-refractivity contribution is -0.384. The van der Waals surface area contributed by atoms with Gasteiger partial charge in [-0.05, 0) is 31.5 Å². The molecule has 9 heteroatoms. The van der Waals surface area contributed by atoms with Crippen molar-refractivity contribution in [1.82, 2.24) is 14.7 Å². The maximum absolute atomic E-state index is 13.0. The van der Waals surface area contributed by atoms with Crippen molar-refractivity contribution in [1.29, 1.82) is 0 Å². The number of hydrogen-bond acceptors (Lipinski definition) is 6. The van der Waals surface area contributed by atoms with Crippen LogP contribution in [-0.2, 0) is 11.3 Å². The van der Waals surface area contributed by atoms with Gasteiger partial charge in [0.05, 0.1) is 11.5 Å². The van der Waals surface area contributed by atoms with Gasteiger partial charge in [0.1, 0.15) is 5.69 Å². The second-order valence-corrected chi connectivity index (χ2v) is 7.96. The standard InChI is InChI=1S/C24H31N5O4/c1-3-27(4-2)23(30)18-26-12-14-28(15-13-26)24(31)20-10-11-21(22(16-20)29(32)33)25-17-19-8-6-5-7-9-19/h5-11,16,25H,3-4,12-15,17-18H2,1-2H3. The molecule has 1 heterocycles. The number of amides is 2. The minimum atomic E-state index is -0.471. The average Bonchev–Trinajstić information content (AvgIpc) is 2.84. The van der Waals surface area contributed by atoms with Gasteiger partial charge in [0.25, 0.3) is 11.6 Å². The predicted molar refractivity (Wildman–Crippen MR) is 127 cm³/mol. The number of benzene rings is 2. The highest BCUT2D eigenvalue weighted by Crippen LogP contribution is 2.27. The Hall–Kier alpha value is -3.46. The molecule has 0 radical (unpaired) electrons. The average molecular weight is 454 g/mol. The van der Waals surface area contributed by atoms with E-state index in [1.165, 1.54) is 6.07 Å². The summed E-state index contributed by atoms with van der Waals surface area (Å²) in [5.41, 5.74) is 1.55. The lowest BCUT2D eigenvalue weighted by atomic mass is 10.1. The van der Waals surface area contributed by atoms with E-state index in [0.717, 1.165) is 5.56 Å². The summed E-state index contributed by atoms with van der Waals surface area (Å²) in [6.07, 6.45) is 0. The number of nitrogens with zero attached hydrogens (tertiary/aromatic N) is 4. The molecule has 0 aromatic heterocycles. The zero-order valence-electron chi connectivity index (χ0n) is 19.2. The zero-order chi connectivity index (χ0) is 23.8. The minimum Gasteiger partial charge on any atom is -0.375 e. The maximum atomic E-state index is 13.0. The Labute approximate surface area is 194 Å². The molecule has 9 nitrogen and oxygen atoms in total. The van der Waals surface area contributed by atoms with E-state index in [9.17, 15) is 19.7 Å². The van der Waals surface area contributed by atoms with Gasteiger partial charge >= 0.3 is 0 Å². The molecule has 0 atom stereocenters. The molecule has 176 valence electrons. The van der Waals surface area contributed by atoms with Crippen LogP contribution in [-0.4, -0.2) is 77.3 Å². The van der Waals surface area contributed by atoms with E-state index < -0.39 is 4.92 Å². The van der Waals surface area contributed by atoms with Crippen LogP contribution in [0, 0.1) is 10.1 Å². The summed E-state index contributed by atoms with van der Waals surface area (Å²) in [6.45, 7) is 8.22. The number of nitrogens with one attached hydrogen (secondary N) is 1. The summed E-state index contributed by atoms with van der Waals surface area (Å²) in [5, 5.41) is 14.7. The maximum Gasteiger partial charge on any atom is 0.293 e. The Morgan fingerprint density at radius 1 is 1.03 bits per heavy atom. The number of anilines is 1. The van der Waals surface area contributed by atoms with E-state index in [-0.39, 0.29) is 17.5 Å². The number of nitro groups is 1. The molecule has 1 aliphatic heterocycles. The quantitative estimate of drug-likeness (QED) is 0.463. The normalized spacial score (nSPS) is 14.1. The van der Waals surface area contributed by atoms with Gasteiger partial charge in [0.2, 0.25) is 5.91 Å². The Morgan fingerprint density at radius 2 is 1.70 bits per heavy atom. The largest absolute Gasteiger partial charge is 0.375 e. The molecule has 0 spiro atoms. The summed E-state index contributed by atoms with van der Waals surface area (Å²) in [7, 11) is 0. The fraction of sp³-hybridized carbons (Fsp3) is 0.417. The summed E-state index contributed by atoms with van der Waals surface area (Å²) in [5.74, 6) is -0.142. The van der Waals surface area contributed by atoms with Gasteiger partial charge in [-0.2, -0.15) is 0 Å². The molecular weight excluding hydrogens is 422 g/mol. The molecular formula is C24H31N5O4. The number of carbonyl (C=O) groups excluding carboxylic acids is 2. The fourth-order valence-corrected chi connectivity index (χ4v) is 3.92. The van der Waals surface area contributed by atoms with E-state index in [2.05, 4.69) is 5.32 Å². The molecule has 1 fully saturated rings. The second kappa shape index (κ2) is 11.4. The van der Waals surface area contributed by atoms with Gasteiger partial charge in [-0.3, -0.25) is 24.6 Å². The first-order chi connectivity index (χ1) is 15.9. The Morgan fingerprint density at radius 3 is 2.30 bits per heavy atom. The van der Waals surface area contributed by atoms with Gasteiger partial charge in [0, 0.05) is 57.4 Å². The van der Waals surface area contributed by atoms with Crippen LogP contribution >= 0.6 is 0 Å². The van der Waals surface area contributed by atoms with Crippen LogP contribution in [0.4, 0.5) is 11.4 Å². The number of nitro benzene ring substituents is 1. The van der Waals surface area contributed by atoms with Gasteiger partial charge in [-0.1, -0.05) is 30.3 Å². The van der Waals surface area contributed by atoms with Gasteiger partial charge in [-0.25, -0.2) is 0 Å². The number of rotatable bonds is 9. The molecule has 2 aromatic rings. The van der Waals surface area contributed by atoms with Crippen molar-refractivity contribution in [2.75, 3.05) is 51.1 Å². The van der Waals surface area contributed by atoms with Gasteiger partial charge in [-0.15, -0.1) is 0 Å². The highest BCUT2D eigenvalue weighted by molar-refractivity contribution is 5.96. The fourth-order valence-electron chi connectivity index (χ4n) is 3.92. The summed E-state index contributed by atoms with van der Waals surface area (Å²) < 4.78 is 0. The third kappa shape index (κ3) is 6.29. The van der Waals surface area contributed by atoms with Crippen molar-refractivity contribution in [3.63, 3.8) is 0 Å². The van der Waals surface area contributed by atoms with Crippen molar-refractivity contribution in [2.45, 2.75) is 20.4 Å². The molecule has 0 unspecified atom stereocenters. The van der Waals surface area contributed by atoms with E-state index in [1.807, 2.05) is 49.1 Å². The molecule has 1 N–H and O–H groups in total. The minimum absolute atomic E-state index is 0.0917. The van der Waals surface area contributed by atoms with E-state index in [0.29, 0.717) is 63.6 Å². The van der Waals surface area contributed by atoms with Crippen molar-refractivity contribution in [2.24, 2.45) is 0 Å². The molecule has 3 rings (SSSR count). The zero-order valence-corrected chi connectivity index (χ0v) is 19.2. The van der Waals surface area contributed by atoms with Crippen LogP contribution < -0.4 is 5.32 Å². The predicted octanol–water partition coefficient (Wildman–Crippen LogP) is 2.83. The van der Waals surface area contributed by atoms with Crippen molar-refractivity contribution >= 4 is 23.2 Å². The number of piperazine rings is 1. The second-order valence-electron chi connectivity index (χ2n) is 7.96. The van der Waals surface area contributed by atoms with Crippen molar-refractivity contribution in [3.8, 4) is 0 Å². The molecule has 1 saturated heterocycles. The number of carbonyl (C=O) groups is 2. The van der Waals surface area contributed by atoms with E-state index in [4.69, 9.17) is 0 Å². The van der Waals surface area contributed by atoms with Crippen LogP contribution in [0.25, 0.3) is 0 Å². The first kappa shape index (κ1) is 24.2.